The predicted octanol–water partition coefficient (Wildman–Crippen LogP) is 2.88. The number of hydrogen-bond acceptors (Lipinski definition) is 4. The van der Waals surface area contributed by atoms with Gasteiger partial charge in [-0.2, -0.15) is 13.2 Å². The summed E-state index contributed by atoms with van der Waals surface area (Å²) >= 11 is 0. The molecule has 0 bridgehead atoms. The van der Waals surface area contributed by atoms with Gasteiger partial charge in [0.05, 0.1) is 0 Å². The first-order chi connectivity index (χ1) is 11.7. The zero-order valence-electron chi connectivity index (χ0n) is 13.7. The van der Waals surface area contributed by atoms with Crippen molar-refractivity contribution >= 4 is 11.9 Å². The average molecular weight is 360 g/mol. The third kappa shape index (κ3) is 4.40. The van der Waals surface area contributed by atoms with Gasteiger partial charge in [-0.05, 0) is 18.9 Å². The summed E-state index contributed by atoms with van der Waals surface area (Å²) in [7, 11) is 1.40. The van der Waals surface area contributed by atoms with Crippen molar-refractivity contribution in [3.8, 4) is 5.88 Å². The minimum absolute atomic E-state index is 0.0286. The molecular weight excluding hydrogens is 341 g/mol. The van der Waals surface area contributed by atoms with Crippen LogP contribution in [0.15, 0.2) is 18.3 Å². The molecule has 25 heavy (non-hydrogen) atoms. The number of amides is 1. The largest absolute Gasteiger partial charge is 0.479 e. The quantitative estimate of drug-likeness (QED) is 0.873. The van der Waals surface area contributed by atoms with Crippen LogP contribution >= 0.6 is 0 Å². The summed E-state index contributed by atoms with van der Waals surface area (Å²) in [4.78, 5) is 29.2. The molecule has 9 heteroatoms. The minimum atomic E-state index is -4.52. The van der Waals surface area contributed by atoms with Crippen LogP contribution in [0.1, 0.15) is 42.5 Å². The number of carboxylic acids is 1. The highest BCUT2D eigenvalue weighted by Crippen LogP contribution is 2.34. The summed E-state index contributed by atoms with van der Waals surface area (Å²) in [6, 6.07) is 2.40. The Labute approximate surface area is 142 Å². The molecule has 1 saturated carbocycles. The number of rotatable bonds is 5. The maximum atomic E-state index is 12.7. The molecule has 138 valence electrons. The Kier molecular flexibility index (Phi) is 5.54. The molecule has 0 saturated heterocycles. The third-order valence-corrected chi connectivity index (χ3v) is 4.39. The molecule has 0 aromatic carbocycles. The molecule has 1 aliphatic carbocycles. The first-order valence-corrected chi connectivity index (χ1v) is 7.83. The molecule has 0 radical (unpaired) electrons. The van der Waals surface area contributed by atoms with E-state index in [2.05, 4.69) is 9.72 Å². The lowest BCUT2D eigenvalue weighted by atomic mass is 9.80. The van der Waals surface area contributed by atoms with Crippen molar-refractivity contribution in [3.63, 3.8) is 0 Å². The number of nitrogens with zero attached hydrogens (tertiary/aromatic N) is 2. The van der Waals surface area contributed by atoms with Crippen LogP contribution in [0.5, 0.6) is 5.88 Å². The SMILES string of the molecule is CN(C(=O)c1ccnc(OCC(F)(F)F)c1)C1(C(=O)O)CCCCC1. The number of carbonyl (C=O) groups is 2. The summed E-state index contributed by atoms with van der Waals surface area (Å²) in [5.41, 5.74) is -1.27. The zero-order valence-corrected chi connectivity index (χ0v) is 13.7. The van der Waals surface area contributed by atoms with Crippen molar-refractivity contribution in [1.82, 2.24) is 9.88 Å². The van der Waals surface area contributed by atoms with Gasteiger partial charge in [0.1, 0.15) is 5.54 Å². The van der Waals surface area contributed by atoms with E-state index in [4.69, 9.17) is 0 Å². The summed E-state index contributed by atoms with van der Waals surface area (Å²) < 4.78 is 41.2. The first-order valence-electron chi connectivity index (χ1n) is 7.83. The summed E-state index contributed by atoms with van der Waals surface area (Å²) in [5, 5.41) is 9.63. The molecule has 6 nitrogen and oxygen atoms in total. The van der Waals surface area contributed by atoms with Gasteiger partial charge in [-0.15, -0.1) is 0 Å². The molecule has 1 heterocycles. The Morgan fingerprint density at radius 3 is 2.52 bits per heavy atom. The van der Waals surface area contributed by atoms with E-state index in [0.717, 1.165) is 23.6 Å². The van der Waals surface area contributed by atoms with Crippen LogP contribution in [0.3, 0.4) is 0 Å². The van der Waals surface area contributed by atoms with Crippen LogP contribution in [0, 0.1) is 0 Å². The van der Waals surface area contributed by atoms with E-state index in [0.29, 0.717) is 25.7 Å². The van der Waals surface area contributed by atoms with Gasteiger partial charge < -0.3 is 14.7 Å². The van der Waals surface area contributed by atoms with Crippen LogP contribution in [-0.2, 0) is 4.79 Å². The summed E-state index contributed by atoms with van der Waals surface area (Å²) in [6.07, 6.45) is -0.391. The second kappa shape index (κ2) is 7.28. The number of halogens is 3. The molecule has 0 aliphatic heterocycles. The lowest BCUT2D eigenvalue weighted by Gasteiger charge is -2.41. The lowest BCUT2D eigenvalue weighted by Crippen LogP contribution is -2.56. The standard InChI is InChI=1S/C16H19F3N2O4/c1-21(15(14(23)24)6-3-2-4-7-15)13(22)11-5-8-20-12(9-11)25-10-16(17,18)19/h5,8-9H,2-4,6-7,10H2,1H3,(H,23,24). The van der Waals surface area contributed by atoms with Crippen molar-refractivity contribution < 1.29 is 32.6 Å². The number of ether oxygens (including phenoxy) is 1. The van der Waals surface area contributed by atoms with Crippen LogP contribution in [0.4, 0.5) is 13.2 Å². The first kappa shape index (κ1) is 19.0. The van der Waals surface area contributed by atoms with Crippen molar-refractivity contribution in [2.45, 2.75) is 43.8 Å². The van der Waals surface area contributed by atoms with Crippen molar-refractivity contribution in [1.29, 1.82) is 0 Å². The number of aliphatic carboxylic acids is 1. The highest BCUT2D eigenvalue weighted by Gasteiger charge is 2.45. The van der Waals surface area contributed by atoms with Gasteiger partial charge in [0, 0.05) is 24.9 Å². The molecule has 1 N–H and O–H groups in total. The van der Waals surface area contributed by atoms with E-state index in [1.807, 2.05) is 0 Å². The normalized spacial score (nSPS) is 17.0. The highest BCUT2D eigenvalue weighted by atomic mass is 19.4. The lowest BCUT2D eigenvalue weighted by molar-refractivity contribution is -0.154. The van der Waals surface area contributed by atoms with E-state index in [-0.39, 0.29) is 11.4 Å². The third-order valence-electron chi connectivity index (χ3n) is 4.39. The predicted molar refractivity (Wildman–Crippen MR) is 81.3 cm³/mol. The Morgan fingerprint density at radius 1 is 1.32 bits per heavy atom. The van der Waals surface area contributed by atoms with Gasteiger partial charge in [0.15, 0.2) is 6.61 Å². The topological polar surface area (TPSA) is 79.7 Å². The van der Waals surface area contributed by atoms with E-state index in [1.165, 1.54) is 13.1 Å². The fraction of sp³-hybridized carbons (Fsp3) is 0.562. The van der Waals surface area contributed by atoms with Gasteiger partial charge in [-0.3, -0.25) is 4.79 Å². The van der Waals surface area contributed by atoms with Gasteiger partial charge in [-0.1, -0.05) is 19.3 Å². The van der Waals surface area contributed by atoms with Crippen LogP contribution in [0.2, 0.25) is 0 Å². The molecule has 1 amide bonds. The van der Waals surface area contributed by atoms with Gasteiger partial charge >= 0.3 is 12.1 Å². The Hall–Kier alpha value is -2.32. The van der Waals surface area contributed by atoms with Crippen LogP contribution in [0.25, 0.3) is 0 Å². The highest BCUT2D eigenvalue weighted by molar-refractivity contribution is 5.97. The molecule has 1 aromatic heterocycles. The summed E-state index contributed by atoms with van der Waals surface area (Å²) in [6.45, 7) is -1.52. The molecule has 2 rings (SSSR count). The molecule has 1 aliphatic rings. The van der Waals surface area contributed by atoms with Crippen LogP contribution in [-0.4, -0.2) is 52.2 Å². The second-order valence-corrected chi connectivity index (χ2v) is 6.05. The molecule has 1 fully saturated rings. The number of aromatic nitrogens is 1. The molecule has 1 aromatic rings. The number of carbonyl (C=O) groups excluding carboxylic acids is 1. The number of likely N-dealkylation sites (N-methyl/N-ethyl adjacent to an activating group) is 1. The Bertz CT molecular complexity index is 643. The fourth-order valence-corrected chi connectivity index (χ4v) is 2.99. The number of carboxylic acid groups (broad SMARTS) is 1. The number of pyridine rings is 1. The maximum absolute atomic E-state index is 12.7. The average Bonchev–Trinajstić information content (AvgIpc) is 2.58. The van der Waals surface area contributed by atoms with Crippen molar-refractivity contribution in [2.75, 3.05) is 13.7 Å². The minimum Gasteiger partial charge on any atom is -0.479 e. The fourth-order valence-electron chi connectivity index (χ4n) is 2.99. The van der Waals surface area contributed by atoms with Gasteiger partial charge in [-0.25, -0.2) is 9.78 Å². The Morgan fingerprint density at radius 2 is 1.96 bits per heavy atom. The number of alkyl halides is 3. The number of hydrogen-bond donors (Lipinski definition) is 1. The van der Waals surface area contributed by atoms with E-state index >= 15 is 0 Å². The van der Waals surface area contributed by atoms with Gasteiger partial charge in [0.25, 0.3) is 5.91 Å². The second-order valence-electron chi connectivity index (χ2n) is 6.05. The van der Waals surface area contributed by atoms with E-state index in [9.17, 15) is 27.9 Å². The van der Waals surface area contributed by atoms with E-state index in [1.54, 1.807) is 0 Å². The maximum Gasteiger partial charge on any atom is 0.422 e. The monoisotopic (exact) mass is 360 g/mol. The van der Waals surface area contributed by atoms with Crippen molar-refractivity contribution in [2.24, 2.45) is 0 Å². The van der Waals surface area contributed by atoms with Crippen molar-refractivity contribution in [3.05, 3.63) is 23.9 Å². The van der Waals surface area contributed by atoms with E-state index < -0.39 is 30.2 Å². The molecular formula is C16H19F3N2O4. The molecule has 0 unspecified atom stereocenters. The summed E-state index contributed by atoms with van der Waals surface area (Å²) in [5.74, 6) is -2.01. The smallest absolute Gasteiger partial charge is 0.422 e. The Balaban J connectivity index is 2.20. The zero-order chi connectivity index (χ0) is 18.7. The molecule has 0 atom stereocenters. The van der Waals surface area contributed by atoms with Gasteiger partial charge in [0.2, 0.25) is 5.88 Å². The van der Waals surface area contributed by atoms with Crippen LogP contribution < -0.4 is 4.74 Å². The molecule has 0 spiro atoms.